The van der Waals surface area contributed by atoms with Crippen LogP contribution in [0.4, 0.5) is 0 Å². The zero-order valence-electron chi connectivity index (χ0n) is 20.1. The number of rotatable bonds is 4. The first kappa shape index (κ1) is 24.0. The van der Waals surface area contributed by atoms with Gasteiger partial charge in [0.15, 0.2) is 0 Å². The van der Waals surface area contributed by atoms with Gasteiger partial charge in [0.05, 0.1) is 12.6 Å². The fraction of sp³-hybridized carbons (Fsp3) is 0.357. The van der Waals surface area contributed by atoms with Gasteiger partial charge in [-0.15, -0.1) is 11.3 Å². The Bertz CT molecular complexity index is 1210. The first-order valence-corrected chi connectivity index (χ1v) is 13.4. The van der Waals surface area contributed by atoms with E-state index in [2.05, 4.69) is 47.5 Å². The lowest BCUT2D eigenvalue weighted by molar-refractivity contribution is -0.135. The van der Waals surface area contributed by atoms with Crippen LogP contribution in [0.5, 0.6) is 0 Å². The molecule has 182 valence electrons. The molecule has 5 nitrogen and oxygen atoms in total. The highest BCUT2D eigenvalue weighted by Crippen LogP contribution is 2.37. The first-order valence-electron chi connectivity index (χ1n) is 12.1. The SMILES string of the molecule is Cc1ccc([C@H]2c3ccsc3CCN2CC(=O)N2CCN(C(=O)c3ccc(Cl)cc3)[C@@H](C)C2)cc1. The van der Waals surface area contributed by atoms with E-state index in [1.54, 1.807) is 24.3 Å². The molecule has 2 amide bonds. The number of thiophene rings is 1. The number of fused-ring (bicyclic) bond motifs is 1. The molecule has 0 bridgehead atoms. The van der Waals surface area contributed by atoms with Crippen molar-refractivity contribution in [3.05, 3.63) is 92.1 Å². The molecule has 2 atom stereocenters. The topological polar surface area (TPSA) is 43.9 Å². The van der Waals surface area contributed by atoms with Gasteiger partial charge in [-0.05, 0) is 67.1 Å². The Kier molecular flexibility index (Phi) is 6.96. The summed E-state index contributed by atoms with van der Waals surface area (Å²) < 4.78 is 0. The Hall–Kier alpha value is -2.67. The van der Waals surface area contributed by atoms with Crippen molar-refractivity contribution in [1.29, 1.82) is 0 Å². The summed E-state index contributed by atoms with van der Waals surface area (Å²) in [5, 5.41) is 2.77. The normalized spacial score (nSPS) is 20.5. The van der Waals surface area contributed by atoms with E-state index in [-0.39, 0.29) is 23.9 Å². The maximum Gasteiger partial charge on any atom is 0.254 e. The van der Waals surface area contributed by atoms with Crippen molar-refractivity contribution in [2.75, 3.05) is 32.7 Å². The molecule has 0 spiro atoms. The second-order valence-electron chi connectivity index (χ2n) is 9.53. The van der Waals surface area contributed by atoms with Crippen molar-refractivity contribution in [3.8, 4) is 0 Å². The maximum absolute atomic E-state index is 13.4. The van der Waals surface area contributed by atoms with Crippen molar-refractivity contribution < 1.29 is 9.59 Å². The number of hydrogen-bond acceptors (Lipinski definition) is 4. The molecule has 1 saturated heterocycles. The molecular weight excluding hydrogens is 478 g/mol. The number of piperazine rings is 1. The van der Waals surface area contributed by atoms with Gasteiger partial charge in [-0.3, -0.25) is 14.5 Å². The van der Waals surface area contributed by atoms with Gasteiger partial charge in [-0.2, -0.15) is 0 Å². The number of hydrogen-bond donors (Lipinski definition) is 0. The molecule has 2 aliphatic rings. The quantitative estimate of drug-likeness (QED) is 0.497. The highest BCUT2D eigenvalue weighted by atomic mass is 35.5. The average Bonchev–Trinajstić information content (AvgIpc) is 3.33. The number of carbonyl (C=O) groups excluding carboxylic acids is 2. The minimum absolute atomic E-state index is 0.0123. The van der Waals surface area contributed by atoms with Crippen LogP contribution in [0.25, 0.3) is 0 Å². The van der Waals surface area contributed by atoms with Crippen LogP contribution in [0.15, 0.2) is 60.0 Å². The summed E-state index contributed by atoms with van der Waals surface area (Å²) in [6, 6.07) is 17.9. The highest BCUT2D eigenvalue weighted by Gasteiger charge is 2.34. The van der Waals surface area contributed by atoms with Crippen molar-refractivity contribution in [2.45, 2.75) is 32.4 Å². The number of amides is 2. The molecule has 0 N–H and O–H groups in total. The number of halogens is 1. The van der Waals surface area contributed by atoms with Gasteiger partial charge in [-0.25, -0.2) is 0 Å². The van der Waals surface area contributed by atoms with Gasteiger partial charge >= 0.3 is 0 Å². The summed E-state index contributed by atoms with van der Waals surface area (Å²) in [5.74, 6) is 0.118. The number of carbonyl (C=O) groups is 2. The van der Waals surface area contributed by atoms with Crippen LogP contribution in [0.2, 0.25) is 5.02 Å². The zero-order valence-corrected chi connectivity index (χ0v) is 21.7. The third kappa shape index (κ3) is 5.01. The minimum atomic E-state index is -0.0476. The van der Waals surface area contributed by atoms with Gasteiger partial charge < -0.3 is 9.80 Å². The molecule has 2 aliphatic heterocycles. The molecular formula is C28H30ClN3O2S. The van der Waals surface area contributed by atoms with Gasteiger partial charge in [0.2, 0.25) is 5.91 Å². The Morgan fingerprint density at radius 1 is 1.00 bits per heavy atom. The lowest BCUT2D eigenvalue weighted by Crippen LogP contribution is -2.57. The Morgan fingerprint density at radius 3 is 2.46 bits per heavy atom. The second kappa shape index (κ2) is 10.1. The van der Waals surface area contributed by atoms with Crippen LogP contribution in [-0.2, 0) is 11.2 Å². The molecule has 7 heteroatoms. The number of nitrogens with zero attached hydrogens (tertiary/aromatic N) is 3. The summed E-state index contributed by atoms with van der Waals surface area (Å²) in [6.45, 7) is 6.99. The van der Waals surface area contributed by atoms with Crippen LogP contribution in [0.1, 0.15) is 44.9 Å². The van der Waals surface area contributed by atoms with Crippen molar-refractivity contribution >= 4 is 34.8 Å². The number of aryl methyl sites for hydroxylation is 1. The Labute approximate surface area is 215 Å². The van der Waals surface area contributed by atoms with E-state index < -0.39 is 0 Å². The molecule has 1 fully saturated rings. The van der Waals surface area contributed by atoms with E-state index in [0.717, 1.165) is 13.0 Å². The lowest BCUT2D eigenvalue weighted by Gasteiger charge is -2.42. The molecule has 0 unspecified atom stereocenters. The van der Waals surface area contributed by atoms with E-state index in [1.165, 1.54) is 21.6 Å². The monoisotopic (exact) mass is 507 g/mol. The molecule has 3 aromatic rings. The maximum atomic E-state index is 13.4. The van der Waals surface area contributed by atoms with Crippen molar-refractivity contribution in [2.24, 2.45) is 0 Å². The standard InChI is InChI=1S/C28H30ClN3O2S/c1-19-3-5-21(6-4-19)27-24-12-16-35-25(24)11-13-31(27)18-26(33)30-14-15-32(20(2)17-30)28(34)22-7-9-23(29)10-8-22/h3-10,12,16,20,27H,11,13-15,17-18H2,1-2H3/t20-,27-/m0/s1. The summed E-state index contributed by atoms with van der Waals surface area (Å²) >= 11 is 7.78. The average molecular weight is 508 g/mol. The molecule has 35 heavy (non-hydrogen) atoms. The molecule has 5 rings (SSSR count). The number of benzene rings is 2. The van der Waals surface area contributed by atoms with Gasteiger partial charge in [-0.1, -0.05) is 41.4 Å². The van der Waals surface area contributed by atoms with E-state index in [1.807, 2.05) is 28.1 Å². The minimum Gasteiger partial charge on any atom is -0.338 e. The molecule has 0 saturated carbocycles. The van der Waals surface area contributed by atoms with Gasteiger partial charge in [0.25, 0.3) is 5.91 Å². The highest BCUT2D eigenvalue weighted by molar-refractivity contribution is 7.10. The predicted octanol–water partition coefficient (Wildman–Crippen LogP) is 5.03. The van der Waals surface area contributed by atoms with Gasteiger partial charge in [0.1, 0.15) is 0 Å². The fourth-order valence-electron chi connectivity index (χ4n) is 5.20. The first-order chi connectivity index (χ1) is 16.9. The molecule has 0 aliphatic carbocycles. The third-order valence-corrected chi connectivity index (χ3v) is 8.38. The zero-order chi connectivity index (χ0) is 24.5. The molecule has 3 heterocycles. The van der Waals surface area contributed by atoms with Crippen LogP contribution >= 0.6 is 22.9 Å². The second-order valence-corrected chi connectivity index (χ2v) is 11.0. The summed E-state index contributed by atoms with van der Waals surface area (Å²) in [4.78, 5) is 34.0. The molecule has 0 radical (unpaired) electrons. The van der Waals surface area contributed by atoms with E-state index >= 15 is 0 Å². The fourth-order valence-corrected chi connectivity index (χ4v) is 6.23. The third-order valence-electron chi connectivity index (χ3n) is 7.13. The van der Waals surface area contributed by atoms with Crippen LogP contribution in [0.3, 0.4) is 0 Å². The van der Waals surface area contributed by atoms with Crippen LogP contribution < -0.4 is 0 Å². The van der Waals surface area contributed by atoms with Crippen LogP contribution in [0, 0.1) is 6.92 Å². The van der Waals surface area contributed by atoms with Crippen LogP contribution in [-0.4, -0.2) is 65.3 Å². The Balaban J connectivity index is 1.27. The summed E-state index contributed by atoms with van der Waals surface area (Å²) in [6.07, 6.45) is 0.975. The van der Waals surface area contributed by atoms with Crippen molar-refractivity contribution in [3.63, 3.8) is 0 Å². The smallest absolute Gasteiger partial charge is 0.254 e. The Morgan fingerprint density at radius 2 is 1.74 bits per heavy atom. The predicted molar refractivity (Wildman–Crippen MR) is 141 cm³/mol. The van der Waals surface area contributed by atoms with E-state index in [9.17, 15) is 9.59 Å². The largest absolute Gasteiger partial charge is 0.338 e. The lowest BCUT2D eigenvalue weighted by atomic mass is 9.92. The van der Waals surface area contributed by atoms with E-state index in [0.29, 0.717) is 36.8 Å². The molecule has 2 aromatic carbocycles. The molecule has 1 aromatic heterocycles. The summed E-state index contributed by atoms with van der Waals surface area (Å²) in [7, 11) is 0. The van der Waals surface area contributed by atoms with E-state index in [4.69, 9.17) is 11.6 Å². The summed E-state index contributed by atoms with van der Waals surface area (Å²) in [5.41, 5.74) is 4.42. The van der Waals surface area contributed by atoms with Gasteiger partial charge in [0, 0.05) is 47.7 Å². The van der Waals surface area contributed by atoms with Crippen molar-refractivity contribution in [1.82, 2.24) is 14.7 Å².